The predicted molar refractivity (Wildman–Crippen MR) is 70.5 cm³/mol. The summed E-state index contributed by atoms with van der Waals surface area (Å²) in [5.41, 5.74) is 7.43. The molecule has 7 nitrogen and oxygen atoms in total. The molecule has 0 aromatic carbocycles. The van der Waals surface area contributed by atoms with Gasteiger partial charge in [-0.1, -0.05) is 6.92 Å². The van der Waals surface area contributed by atoms with Crippen molar-refractivity contribution in [2.24, 2.45) is 5.92 Å². The van der Waals surface area contributed by atoms with Gasteiger partial charge in [-0.3, -0.25) is 0 Å². The SMILES string of the molecule is C[C@H]1[C@@H](O)[C@H](N2CNc3c2ccnc3N)O[C@@H]1CO. The lowest BCUT2D eigenvalue weighted by atomic mass is 10.0. The van der Waals surface area contributed by atoms with E-state index in [0.29, 0.717) is 12.5 Å². The first kappa shape index (κ1) is 12.5. The first-order valence-electron chi connectivity index (χ1n) is 6.33. The Morgan fingerprint density at radius 2 is 2.42 bits per heavy atom. The molecule has 0 amide bonds. The summed E-state index contributed by atoms with van der Waals surface area (Å²) >= 11 is 0. The molecule has 1 aromatic heterocycles. The summed E-state index contributed by atoms with van der Waals surface area (Å²) in [4.78, 5) is 5.93. The number of hydrogen-bond acceptors (Lipinski definition) is 7. The largest absolute Gasteiger partial charge is 0.394 e. The number of nitrogen functional groups attached to an aromatic ring is 1. The van der Waals surface area contributed by atoms with Crippen LogP contribution in [0, 0.1) is 5.92 Å². The molecule has 7 heteroatoms. The highest BCUT2D eigenvalue weighted by Gasteiger charge is 2.45. The molecule has 1 fully saturated rings. The van der Waals surface area contributed by atoms with Gasteiger partial charge in [0.15, 0.2) is 6.23 Å². The zero-order valence-electron chi connectivity index (χ0n) is 10.7. The maximum Gasteiger partial charge on any atom is 0.158 e. The van der Waals surface area contributed by atoms with E-state index in [1.54, 1.807) is 6.20 Å². The summed E-state index contributed by atoms with van der Waals surface area (Å²) in [6, 6.07) is 1.83. The van der Waals surface area contributed by atoms with Crippen molar-refractivity contribution in [1.82, 2.24) is 4.98 Å². The van der Waals surface area contributed by atoms with Crippen LogP contribution in [0.25, 0.3) is 0 Å². The molecule has 0 unspecified atom stereocenters. The fourth-order valence-corrected chi connectivity index (χ4v) is 2.69. The minimum Gasteiger partial charge on any atom is -0.394 e. The maximum atomic E-state index is 10.3. The fourth-order valence-electron chi connectivity index (χ4n) is 2.69. The number of aliphatic hydroxyl groups excluding tert-OH is 2. The molecule has 0 bridgehead atoms. The minimum atomic E-state index is -0.653. The number of pyridine rings is 1. The highest BCUT2D eigenvalue weighted by Crippen LogP contribution is 2.39. The smallest absolute Gasteiger partial charge is 0.158 e. The van der Waals surface area contributed by atoms with Crippen LogP contribution in [0.5, 0.6) is 0 Å². The summed E-state index contributed by atoms with van der Waals surface area (Å²) in [6.07, 6.45) is 0.146. The molecule has 2 aliphatic rings. The topological polar surface area (TPSA) is 104 Å². The molecule has 0 radical (unpaired) electrons. The highest BCUT2D eigenvalue weighted by atomic mass is 16.5. The van der Waals surface area contributed by atoms with Crippen molar-refractivity contribution in [1.29, 1.82) is 0 Å². The number of aliphatic hydroxyl groups is 2. The van der Waals surface area contributed by atoms with Crippen LogP contribution in [0.4, 0.5) is 17.2 Å². The van der Waals surface area contributed by atoms with Crippen molar-refractivity contribution in [3.63, 3.8) is 0 Å². The molecular formula is C12H18N4O3. The lowest BCUT2D eigenvalue weighted by Crippen LogP contribution is -2.42. The maximum absolute atomic E-state index is 10.3. The molecule has 19 heavy (non-hydrogen) atoms. The third kappa shape index (κ3) is 1.81. The number of ether oxygens (including phenoxy) is 1. The molecule has 0 saturated carbocycles. The van der Waals surface area contributed by atoms with Crippen molar-refractivity contribution >= 4 is 17.2 Å². The molecule has 4 atom stereocenters. The van der Waals surface area contributed by atoms with Crippen molar-refractivity contribution in [2.75, 3.05) is 29.2 Å². The third-order valence-electron chi connectivity index (χ3n) is 3.91. The van der Waals surface area contributed by atoms with E-state index in [2.05, 4.69) is 10.3 Å². The second-order valence-electron chi connectivity index (χ2n) is 4.99. The Morgan fingerprint density at radius 1 is 1.63 bits per heavy atom. The lowest BCUT2D eigenvalue weighted by molar-refractivity contribution is -0.0110. The number of nitrogens with one attached hydrogen (secondary N) is 1. The quantitative estimate of drug-likeness (QED) is 0.575. The van der Waals surface area contributed by atoms with Gasteiger partial charge in [0.2, 0.25) is 0 Å². The Kier molecular flexibility index (Phi) is 2.96. The Labute approximate surface area is 111 Å². The zero-order valence-corrected chi connectivity index (χ0v) is 10.7. The number of aromatic nitrogens is 1. The van der Waals surface area contributed by atoms with Crippen LogP contribution in [0.2, 0.25) is 0 Å². The second kappa shape index (κ2) is 4.52. The Morgan fingerprint density at radius 3 is 3.11 bits per heavy atom. The van der Waals surface area contributed by atoms with E-state index in [1.807, 2.05) is 17.9 Å². The number of anilines is 3. The van der Waals surface area contributed by atoms with Gasteiger partial charge in [-0.2, -0.15) is 0 Å². The van der Waals surface area contributed by atoms with E-state index in [4.69, 9.17) is 10.5 Å². The van der Waals surface area contributed by atoms with E-state index in [0.717, 1.165) is 11.4 Å². The van der Waals surface area contributed by atoms with Gasteiger partial charge in [-0.25, -0.2) is 4.98 Å². The summed E-state index contributed by atoms with van der Waals surface area (Å²) in [5, 5.41) is 22.7. The fraction of sp³-hybridized carbons (Fsp3) is 0.583. The van der Waals surface area contributed by atoms with Crippen molar-refractivity contribution in [3.8, 4) is 0 Å². The van der Waals surface area contributed by atoms with Gasteiger partial charge >= 0.3 is 0 Å². The van der Waals surface area contributed by atoms with E-state index in [-0.39, 0.29) is 18.6 Å². The first-order chi connectivity index (χ1) is 9.13. The molecule has 3 rings (SSSR count). The van der Waals surface area contributed by atoms with Gasteiger partial charge in [0.05, 0.1) is 25.1 Å². The number of rotatable bonds is 2. The molecule has 1 saturated heterocycles. The van der Waals surface area contributed by atoms with Crippen LogP contribution < -0.4 is 16.0 Å². The van der Waals surface area contributed by atoms with E-state index in [9.17, 15) is 10.2 Å². The summed E-state index contributed by atoms with van der Waals surface area (Å²) in [6.45, 7) is 2.27. The Balaban J connectivity index is 1.88. The standard InChI is InChI=1S/C12H18N4O3/c1-6-8(4-17)19-12(10(6)18)16-5-15-9-7(16)2-3-14-11(9)13/h2-3,6,8,10,12,15,17-18H,4-5H2,1H3,(H2,13,14)/t6-,8-,10-,12-/m1/s1. The van der Waals surface area contributed by atoms with Gasteiger partial charge < -0.3 is 30.9 Å². The molecule has 1 aromatic rings. The zero-order chi connectivity index (χ0) is 13.6. The Bertz CT molecular complexity index is 484. The first-order valence-corrected chi connectivity index (χ1v) is 6.33. The van der Waals surface area contributed by atoms with Gasteiger partial charge in [0.25, 0.3) is 0 Å². The van der Waals surface area contributed by atoms with Crippen molar-refractivity contribution < 1.29 is 14.9 Å². The molecular weight excluding hydrogens is 248 g/mol. The molecule has 0 spiro atoms. The monoisotopic (exact) mass is 266 g/mol. The summed E-state index contributed by atoms with van der Waals surface area (Å²) < 4.78 is 5.74. The summed E-state index contributed by atoms with van der Waals surface area (Å²) in [7, 11) is 0. The van der Waals surface area contributed by atoms with Crippen molar-refractivity contribution in [3.05, 3.63) is 12.3 Å². The molecule has 5 N–H and O–H groups in total. The van der Waals surface area contributed by atoms with Crippen LogP contribution in [-0.4, -0.2) is 46.9 Å². The van der Waals surface area contributed by atoms with Crippen LogP contribution >= 0.6 is 0 Å². The average molecular weight is 266 g/mol. The average Bonchev–Trinajstić information content (AvgIpc) is 2.94. The summed E-state index contributed by atoms with van der Waals surface area (Å²) in [5.74, 6) is 0.317. The minimum absolute atomic E-state index is 0.0959. The molecule has 2 aliphatic heterocycles. The number of nitrogens with two attached hydrogens (primary N) is 1. The number of hydrogen-bond donors (Lipinski definition) is 4. The highest BCUT2D eigenvalue weighted by molar-refractivity contribution is 5.83. The molecule has 3 heterocycles. The van der Waals surface area contributed by atoms with Crippen LogP contribution in [0.1, 0.15) is 6.92 Å². The van der Waals surface area contributed by atoms with Gasteiger partial charge in [-0.05, 0) is 6.07 Å². The van der Waals surface area contributed by atoms with Gasteiger partial charge in [0.1, 0.15) is 17.6 Å². The van der Waals surface area contributed by atoms with Gasteiger partial charge in [0, 0.05) is 12.1 Å². The predicted octanol–water partition coefficient (Wildman–Crippen LogP) is -0.433. The van der Waals surface area contributed by atoms with Crippen LogP contribution in [0.3, 0.4) is 0 Å². The normalized spacial score (nSPS) is 33.3. The number of nitrogens with zero attached hydrogens (tertiary/aromatic N) is 2. The van der Waals surface area contributed by atoms with Gasteiger partial charge in [-0.15, -0.1) is 0 Å². The number of fused-ring (bicyclic) bond motifs is 1. The Hall–Kier alpha value is -1.57. The van der Waals surface area contributed by atoms with E-state index in [1.165, 1.54) is 0 Å². The lowest BCUT2D eigenvalue weighted by Gasteiger charge is -2.27. The third-order valence-corrected chi connectivity index (χ3v) is 3.91. The second-order valence-corrected chi connectivity index (χ2v) is 4.99. The molecule has 104 valence electrons. The van der Waals surface area contributed by atoms with E-state index < -0.39 is 12.3 Å². The molecule has 0 aliphatic carbocycles. The van der Waals surface area contributed by atoms with Crippen LogP contribution in [0.15, 0.2) is 12.3 Å². The van der Waals surface area contributed by atoms with Crippen molar-refractivity contribution in [2.45, 2.75) is 25.4 Å². The van der Waals surface area contributed by atoms with E-state index >= 15 is 0 Å². The van der Waals surface area contributed by atoms with Crippen LogP contribution in [-0.2, 0) is 4.74 Å².